The molecule has 2 aliphatic rings. The molecule has 1 spiro atoms. The quantitative estimate of drug-likeness (QED) is 0.860. The minimum Gasteiger partial charge on any atom is -0.388 e. The van der Waals surface area contributed by atoms with Gasteiger partial charge in [0.05, 0.1) is 25.4 Å². The van der Waals surface area contributed by atoms with Crippen LogP contribution >= 0.6 is 0 Å². The van der Waals surface area contributed by atoms with Gasteiger partial charge in [-0.15, -0.1) is 0 Å². The minimum absolute atomic E-state index is 0.407. The number of aromatic nitrogens is 2. The molecule has 3 rings (SSSR count). The summed E-state index contributed by atoms with van der Waals surface area (Å²) >= 11 is 0. The first kappa shape index (κ1) is 12.1. The molecule has 1 aliphatic heterocycles. The molecule has 1 aliphatic carbocycles. The highest BCUT2D eigenvalue weighted by Gasteiger charge is 2.45. The Balaban J connectivity index is 1.65. The van der Waals surface area contributed by atoms with Gasteiger partial charge in [0.2, 0.25) is 0 Å². The summed E-state index contributed by atoms with van der Waals surface area (Å²) in [4.78, 5) is 4.19. The molecule has 0 unspecified atom stereocenters. The van der Waals surface area contributed by atoms with E-state index in [9.17, 15) is 5.11 Å². The molecule has 2 heterocycles. The molecule has 18 heavy (non-hydrogen) atoms. The first-order valence-corrected chi connectivity index (χ1v) is 6.59. The first-order chi connectivity index (χ1) is 8.61. The molecule has 100 valence electrons. The van der Waals surface area contributed by atoms with E-state index in [1.165, 1.54) is 0 Å². The van der Waals surface area contributed by atoms with Crippen LogP contribution in [0.1, 0.15) is 31.5 Å². The molecule has 1 N–H and O–H groups in total. The zero-order valence-corrected chi connectivity index (χ0v) is 10.8. The maximum atomic E-state index is 10.7. The molecular formula is C13H20N2O3. The van der Waals surface area contributed by atoms with E-state index in [1.54, 1.807) is 6.20 Å². The van der Waals surface area contributed by atoms with E-state index in [0.29, 0.717) is 32.6 Å². The Morgan fingerprint density at radius 3 is 2.50 bits per heavy atom. The Kier molecular flexibility index (Phi) is 2.92. The molecule has 5 heteroatoms. The van der Waals surface area contributed by atoms with Gasteiger partial charge in [0.15, 0.2) is 5.79 Å². The fourth-order valence-corrected chi connectivity index (χ4v) is 2.93. The van der Waals surface area contributed by atoms with Crippen molar-refractivity contribution in [2.45, 2.75) is 50.5 Å². The SMILES string of the molecule is Cc1nccn1CC1(O)CCC2(CC1)OCCO2. The zero-order valence-electron chi connectivity index (χ0n) is 10.8. The zero-order chi connectivity index (χ0) is 12.6. The van der Waals surface area contributed by atoms with Gasteiger partial charge in [-0.25, -0.2) is 4.98 Å². The van der Waals surface area contributed by atoms with Crippen molar-refractivity contribution >= 4 is 0 Å². The van der Waals surface area contributed by atoms with E-state index in [-0.39, 0.29) is 0 Å². The maximum absolute atomic E-state index is 10.7. The van der Waals surface area contributed by atoms with E-state index in [0.717, 1.165) is 18.7 Å². The number of aliphatic hydroxyl groups is 1. The van der Waals surface area contributed by atoms with Crippen molar-refractivity contribution in [2.75, 3.05) is 13.2 Å². The van der Waals surface area contributed by atoms with Gasteiger partial charge in [0.1, 0.15) is 5.82 Å². The van der Waals surface area contributed by atoms with Crippen molar-refractivity contribution in [3.63, 3.8) is 0 Å². The number of aryl methyl sites for hydroxylation is 1. The van der Waals surface area contributed by atoms with Crippen molar-refractivity contribution in [2.24, 2.45) is 0 Å². The van der Waals surface area contributed by atoms with Crippen LogP contribution in [0.4, 0.5) is 0 Å². The summed E-state index contributed by atoms with van der Waals surface area (Å²) in [6.45, 7) is 3.92. The smallest absolute Gasteiger partial charge is 0.168 e. The van der Waals surface area contributed by atoms with Gasteiger partial charge in [-0.05, 0) is 19.8 Å². The Bertz CT molecular complexity index is 414. The third-order valence-corrected chi connectivity index (χ3v) is 4.14. The summed E-state index contributed by atoms with van der Waals surface area (Å²) in [5.74, 6) is 0.535. The lowest BCUT2D eigenvalue weighted by Crippen LogP contribution is -2.45. The van der Waals surface area contributed by atoms with Crippen LogP contribution in [0.25, 0.3) is 0 Å². The second-order valence-corrected chi connectivity index (χ2v) is 5.43. The van der Waals surface area contributed by atoms with Gasteiger partial charge >= 0.3 is 0 Å². The maximum Gasteiger partial charge on any atom is 0.168 e. The van der Waals surface area contributed by atoms with Gasteiger partial charge in [-0.3, -0.25) is 0 Å². The van der Waals surface area contributed by atoms with Crippen LogP contribution in [0.2, 0.25) is 0 Å². The molecular weight excluding hydrogens is 232 g/mol. The predicted octanol–water partition coefficient (Wildman–Crippen LogP) is 1.24. The Labute approximate surface area is 107 Å². The lowest BCUT2D eigenvalue weighted by Gasteiger charge is -2.40. The third kappa shape index (κ3) is 2.18. The fourth-order valence-electron chi connectivity index (χ4n) is 2.93. The summed E-state index contributed by atoms with van der Waals surface area (Å²) in [7, 11) is 0. The monoisotopic (exact) mass is 252 g/mol. The van der Waals surface area contributed by atoms with Crippen molar-refractivity contribution < 1.29 is 14.6 Å². The van der Waals surface area contributed by atoms with Crippen LogP contribution in [-0.2, 0) is 16.0 Å². The van der Waals surface area contributed by atoms with E-state index in [1.807, 2.05) is 17.7 Å². The van der Waals surface area contributed by atoms with Gasteiger partial charge in [-0.1, -0.05) is 0 Å². The molecule has 1 saturated heterocycles. The predicted molar refractivity (Wildman–Crippen MR) is 65.0 cm³/mol. The second kappa shape index (κ2) is 4.33. The lowest BCUT2D eigenvalue weighted by molar-refractivity contribution is -0.204. The molecule has 1 saturated carbocycles. The van der Waals surface area contributed by atoms with Crippen LogP contribution in [0.3, 0.4) is 0 Å². The molecule has 1 aromatic rings. The summed E-state index contributed by atoms with van der Waals surface area (Å²) < 4.78 is 13.4. The van der Waals surface area contributed by atoms with Crippen LogP contribution < -0.4 is 0 Å². The number of nitrogens with zero attached hydrogens (tertiary/aromatic N) is 2. The topological polar surface area (TPSA) is 56.5 Å². The number of hydrogen-bond donors (Lipinski definition) is 1. The molecule has 0 aromatic carbocycles. The van der Waals surface area contributed by atoms with Gasteiger partial charge < -0.3 is 19.1 Å². The number of imidazole rings is 1. The fraction of sp³-hybridized carbons (Fsp3) is 0.769. The van der Waals surface area contributed by atoms with Crippen LogP contribution in [0.5, 0.6) is 0 Å². The molecule has 0 amide bonds. The van der Waals surface area contributed by atoms with Gasteiger partial charge in [-0.2, -0.15) is 0 Å². The van der Waals surface area contributed by atoms with E-state index in [4.69, 9.17) is 9.47 Å². The average molecular weight is 252 g/mol. The molecule has 5 nitrogen and oxygen atoms in total. The molecule has 2 fully saturated rings. The number of hydrogen-bond acceptors (Lipinski definition) is 4. The van der Waals surface area contributed by atoms with Crippen molar-refractivity contribution in [3.05, 3.63) is 18.2 Å². The third-order valence-electron chi connectivity index (χ3n) is 4.14. The van der Waals surface area contributed by atoms with Gasteiger partial charge in [0, 0.05) is 25.2 Å². The Hall–Kier alpha value is -0.910. The normalized spacial score (nSPS) is 25.7. The van der Waals surface area contributed by atoms with E-state index in [2.05, 4.69) is 4.98 Å². The van der Waals surface area contributed by atoms with Crippen LogP contribution in [-0.4, -0.2) is 39.3 Å². The van der Waals surface area contributed by atoms with Crippen LogP contribution in [0, 0.1) is 6.92 Å². The minimum atomic E-state index is -0.661. The first-order valence-electron chi connectivity index (χ1n) is 6.59. The summed E-state index contributed by atoms with van der Waals surface area (Å²) in [5, 5.41) is 10.7. The highest BCUT2D eigenvalue weighted by atomic mass is 16.7. The van der Waals surface area contributed by atoms with E-state index < -0.39 is 11.4 Å². The van der Waals surface area contributed by atoms with Crippen LogP contribution in [0.15, 0.2) is 12.4 Å². The molecule has 0 radical (unpaired) electrons. The average Bonchev–Trinajstić information content (AvgIpc) is 2.96. The molecule has 0 atom stereocenters. The summed E-state index contributed by atoms with van der Waals surface area (Å²) in [6, 6.07) is 0. The highest BCUT2D eigenvalue weighted by molar-refractivity contribution is 4.96. The number of ether oxygens (including phenoxy) is 2. The molecule has 0 bridgehead atoms. The summed E-state index contributed by atoms with van der Waals surface area (Å²) in [6.07, 6.45) is 6.66. The Morgan fingerprint density at radius 1 is 1.28 bits per heavy atom. The molecule has 1 aromatic heterocycles. The summed E-state index contributed by atoms with van der Waals surface area (Å²) in [5.41, 5.74) is -0.661. The lowest BCUT2D eigenvalue weighted by atomic mass is 9.81. The number of rotatable bonds is 2. The Morgan fingerprint density at radius 2 is 1.94 bits per heavy atom. The highest BCUT2D eigenvalue weighted by Crippen LogP contribution is 2.40. The van der Waals surface area contributed by atoms with Gasteiger partial charge in [0.25, 0.3) is 0 Å². The van der Waals surface area contributed by atoms with Crippen molar-refractivity contribution in [1.29, 1.82) is 0 Å². The standard InChI is InChI=1S/C13H20N2O3/c1-11-14-6-7-15(11)10-12(16)2-4-13(5-3-12)17-8-9-18-13/h6-7,16H,2-5,8-10H2,1H3. The van der Waals surface area contributed by atoms with E-state index >= 15 is 0 Å². The van der Waals surface area contributed by atoms with Crippen molar-refractivity contribution in [1.82, 2.24) is 9.55 Å². The second-order valence-electron chi connectivity index (χ2n) is 5.43. The van der Waals surface area contributed by atoms with Crippen molar-refractivity contribution in [3.8, 4) is 0 Å². The largest absolute Gasteiger partial charge is 0.388 e.